The van der Waals surface area contributed by atoms with Crippen LogP contribution in [-0.2, 0) is 10.8 Å². The molecule has 2 aromatic rings. The van der Waals surface area contributed by atoms with Crippen molar-refractivity contribution >= 4 is 6.16 Å². The second-order valence-corrected chi connectivity index (χ2v) is 15.4. The summed E-state index contributed by atoms with van der Waals surface area (Å²) in [6, 6.07) is 8.86. The molecule has 220 valence electrons. The highest BCUT2D eigenvalue weighted by molar-refractivity contribution is 5.71. The molecule has 0 spiro atoms. The van der Waals surface area contributed by atoms with E-state index in [1.165, 1.54) is 47.9 Å². The Morgan fingerprint density at radius 1 is 0.625 bits per heavy atom. The Hall–Kier alpha value is -2.29. The van der Waals surface area contributed by atoms with E-state index in [-0.39, 0.29) is 22.7 Å². The number of ether oxygens (including phenoxy) is 2. The number of hydrogen-bond acceptors (Lipinski definition) is 3. The summed E-state index contributed by atoms with van der Waals surface area (Å²) in [7, 11) is 0. The molecule has 0 amide bonds. The molecule has 2 unspecified atom stereocenters. The molecule has 0 aromatic heterocycles. The Labute approximate surface area is 244 Å². The van der Waals surface area contributed by atoms with E-state index in [1.54, 1.807) is 0 Å². The van der Waals surface area contributed by atoms with E-state index < -0.39 is 6.16 Å². The molecule has 3 heteroatoms. The zero-order valence-corrected chi connectivity index (χ0v) is 27.3. The van der Waals surface area contributed by atoms with Crippen molar-refractivity contribution in [1.82, 2.24) is 0 Å². The van der Waals surface area contributed by atoms with Crippen LogP contribution in [0.4, 0.5) is 4.79 Å². The highest BCUT2D eigenvalue weighted by Crippen LogP contribution is 2.52. The van der Waals surface area contributed by atoms with Gasteiger partial charge >= 0.3 is 6.16 Å². The molecule has 0 heterocycles. The Morgan fingerprint density at radius 3 is 1.20 bits per heavy atom. The van der Waals surface area contributed by atoms with E-state index in [0.717, 1.165) is 22.6 Å². The topological polar surface area (TPSA) is 35.5 Å². The van der Waals surface area contributed by atoms with Crippen molar-refractivity contribution in [2.24, 2.45) is 11.8 Å². The van der Waals surface area contributed by atoms with E-state index in [9.17, 15) is 4.79 Å². The Morgan fingerprint density at radius 2 is 0.950 bits per heavy atom. The lowest BCUT2D eigenvalue weighted by molar-refractivity contribution is 0.149. The molecule has 2 atom stereocenters. The van der Waals surface area contributed by atoms with Gasteiger partial charge in [-0.05, 0) is 94.3 Å². The second kappa shape index (κ2) is 11.2. The van der Waals surface area contributed by atoms with Crippen molar-refractivity contribution in [3.05, 3.63) is 57.6 Å². The first-order valence-electron chi connectivity index (χ1n) is 15.8. The van der Waals surface area contributed by atoms with Gasteiger partial charge < -0.3 is 9.47 Å². The highest BCUT2D eigenvalue weighted by Gasteiger charge is 2.38. The minimum Gasteiger partial charge on any atom is -0.394 e. The number of carbonyl (C=O) groups is 1. The van der Waals surface area contributed by atoms with Gasteiger partial charge in [-0.15, -0.1) is 0 Å². The van der Waals surface area contributed by atoms with Crippen molar-refractivity contribution in [1.29, 1.82) is 0 Å². The molecular formula is C37H54O3. The third kappa shape index (κ3) is 6.44. The maximum Gasteiger partial charge on any atom is 0.519 e. The second-order valence-electron chi connectivity index (χ2n) is 15.4. The van der Waals surface area contributed by atoms with Crippen molar-refractivity contribution in [3.63, 3.8) is 0 Å². The molecule has 0 aliphatic heterocycles. The van der Waals surface area contributed by atoms with Crippen LogP contribution in [0.5, 0.6) is 11.5 Å². The van der Waals surface area contributed by atoms with Gasteiger partial charge in [0, 0.05) is 11.1 Å². The Kier molecular flexibility index (Phi) is 8.57. The Balaban J connectivity index is 1.83. The molecule has 40 heavy (non-hydrogen) atoms. The molecule has 2 aromatic carbocycles. The zero-order chi connectivity index (χ0) is 29.7. The normalized spacial score (nSPS) is 17.8. The van der Waals surface area contributed by atoms with Crippen LogP contribution in [0.1, 0.15) is 166 Å². The van der Waals surface area contributed by atoms with Crippen molar-refractivity contribution in [3.8, 4) is 11.5 Å². The Bertz CT molecular complexity index is 1130. The molecule has 2 saturated carbocycles. The first-order valence-corrected chi connectivity index (χ1v) is 15.8. The van der Waals surface area contributed by atoms with Crippen molar-refractivity contribution in [2.75, 3.05) is 0 Å². The summed E-state index contributed by atoms with van der Waals surface area (Å²) in [6.45, 7) is 26.8. The molecule has 2 fully saturated rings. The molecule has 0 saturated heterocycles. The minimum atomic E-state index is -0.616. The first-order chi connectivity index (χ1) is 18.5. The fraction of sp³-hybridized carbons (Fsp3) is 0.649. The van der Waals surface area contributed by atoms with Gasteiger partial charge in [-0.3, -0.25) is 0 Å². The van der Waals surface area contributed by atoms with Gasteiger partial charge in [0.25, 0.3) is 0 Å². The van der Waals surface area contributed by atoms with Gasteiger partial charge in [0.2, 0.25) is 0 Å². The number of carbonyl (C=O) groups excluding carboxylic acids is 1. The van der Waals surface area contributed by atoms with Crippen LogP contribution in [0.2, 0.25) is 0 Å². The lowest BCUT2D eigenvalue weighted by Gasteiger charge is -2.31. The maximum atomic E-state index is 13.9. The fourth-order valence-corrected chi connectivity index (χ4v) is 6.43. The predicted octanol–water partition coefficient (Wildman–Crippen LogP) is 11.1. The summed E-state index contributed by atoms with van der Waals surface area (Å²) in [5, 5.41) is 0. The van der Waals surface area contributed by atoms with Crippen molar-refractivity contribution in [2.45, 2.75) is 143 Å². The summed E-state index contributed by atoms with van der Waals surface area (Å²) in [5.74, 6) is 3.84. The van der Waals surface area contributed by atoms with Crippen LogP contribution in [0.15, 0.2) is 24.3 Å². The quantitative estimate of drug-likeness (QED) is 0.244. The van der Waals surface area contributed by atoms with E-state index in [4.69, 9.17) is 9.47 Å². The van der Waals surface area contributed by atoms with E-state index in [0.29, 0.717) is 23.7 Å². The molecule has 0 radical (unpaired) electrons. The lowest BCUT2D eigenvalue weighted by Crippen LogP contribution is -2.24. The lowest BCUT2D eigenvalue weighted by atomic mass is 9.77. The smallest absolute Gasteiger partial charge is 0.394 e. The minimum absolute atomic E-state index is 0.0608. The van der Waals surface area contributed by atoms with Crippen LogP contribution in [0, 0.1) is 11.8 Å². The molecule has 0 N–H and O–H groups in total. The molecular weight excluding hydrogens is 492 g/mol. The van der Waals surface area contributed by atoms with Gasteiger partial charge in [-0.2, -0.15) is 0 Å². The van der Waals surface area contributed by atoms with Crippen molar-refractivity contribution < 1.29 is 14.3 Å². The van der Waals surface area contributed by atoms with Gasteiger partial charge in [-0.25, -0.2) is 4.79 Å². The summed E-state index contributed by atoms with van der Waals surface area (Å²) in [4.78, 5) is 13.9. The molecule has 4 rings (SSSR count). The average Bonchev–Trinajstić information content (AvgIpc) is 3.74. The number of rotatable bonds is 8. The molecule has 0 bridgehead atoms. The van der Waals surface area contributed by atoms with E-state index in [1.807, 2.05) is 0 Å². The zero-order valence-electron chi connectivity index (χ0n) is 27.3. The van der Waals surface area contributed by atoms with Gasteiger partial charge in [0.1, 0.15) is 11.5 Å². The van der Waals surface area contributed by atoms with Gasteiger partial charge in [-0.1, -0.05) is 107 Å². The summed E-state index contributed by atoms with van der Waals surface area (Å²) >= 11 is 0. The third-order valence-electron chi connectivity index (χ3n) is 9.25. The third-order valence-corrected chi connectivity index (χ3v) is 9.25. The monoisotopic (exact) mass is 546 g/mol. The molecule has 3 nitrogen and oxygen atoms in total. The van der Waals surface area contributed by atoms with Gasteiger partial charge in [0.15, 0.2) is 0 Å². The van der Waals surface area contributed by atoms with E-state index in [2.05, 4.69) is 107 Å². The SMILES string of the molecule is CC(C)c1ccc(C(C)(C)C)c(C(C)C2CC2)c1OC(=O)Oc1c(C(C)C)ccc(C(C)(C)C)c1C(C)C1CC1. The number of benzene rings is 2. The van der Waals surface area contributed by atoms with Crippen LogP contribution >= 0.6 is 0 Å². The number of hydrogen-bond donors (Lipinski definition) is 0. The maximum absolute atomic E-state index is 13.9. The summed E-state index contributed by atoms with van der Waals surface area (Å²) in [6.07, 6.45) is 4.33. The largest absolute Gasteiger partial charge is 0.519 e. The molecule has 2 aliphatic rings. The predicted molar refractivity (Wildman–Crippen MR) is 167 cm³/mol. The standard InChI is InChI=1S/C37H54O3/c1-21(2)27-17-19-29(36(7,8)9)31(23(5)25-13-14-25)33(27)39-35(38)40-34-28(22(3)4)18-20-30(37(10,11)12)32(34)24(6)26-15-16-26/h17-26H,13-16H2,1-12H3. The fourth-order valence-electron chi connectivity index (χ4n) is 6.43. The summed E-state index contributed by atoms with van der Waals surface area (Å²) < 4.78 is 12.8. The van der Waals surface area contributed by atoms with Crippen LogP contribution < -0.4 is 9.47 Å². The highest BCUT2D eigenvalue weighted by atomic mass is 16.7. The first kappa shape index (κ1) is 30.7. The van der Waals surface area contributed by atoms with Crippen LogP contribution in [-0.4, -0.2) is 6.16 Å². The summed E-state index contributed by atoms with van der Waals surface area (Å²) in [5.41, 5.74) is 6.94. The van der Waals surface area contributed by atoms with Crippen LogP contribution in [0.3, 0.4) is 0 Å². The van der Waals surface area contributed by atoms with Crippen LogP contribution in [0.25, 0.3) is 0 Å². The van der Waals surface area contributed by atoms with E-state index >= 15 is 0 Å². The molecule has 2 aliphatic carbocycles. The van der Waals surface area contributed by atoms with Gasteiger partial charge in [0.05, 0.1) is 0 Å². The average molecular weight is 547 g/mol.